The molecule has 0 heterocycles. The molecule has 0 unspecified atom stereocenters. The molecule has 5 nitrogen and oxygen atoms in total. The molecule has 0 spiro atoms. The van der Waals surface area contributed by atoms with E-state index in [-0.39, 0.29) is 5.97 Å². The number of nitrogens with one attached hydrogen (secondary N) is 1. The van der Waals surface area contributed by atoms with Crippen molar-refractivity contribution in [3.8, 4) is 5.75 Å². The summed E-state index contributed by atoms with van der Waals surface area (Å²) in [6.45, 7) is 2.80. The second kappa shape index (κ2) is 9.03. The largest absolute Gasteiger partial charge is 0.497 e. The van der Waals surface area contributed by atoms with Gasteiger partial charge in [-0.15, -0.1) is 0 Å². The van der Waals surface area contributed by atoms with Crippen LogP contribution in [-0.2, 0) is 11.3 Å². The molecule has 0 fully saturated rings. The standard InChI is InChI=1S/C19H22N2O3S/c1-4-24-18(22)15-8-10-16(11-9-15)20-19(25)21(2)13-14-6-5-7-17(12-14)23-3/h5-12H,4,13H2,1-3H3,(H,20,25). The molecule has 25 heavy (non-hydrogen) atoms. The smallest absolute Gasteiger partial charge is 0.338 e. The third-order valence-electron chi connectivity index (χ3n) is 3.55. The predicted octanol–water partition coefficient (Wildman–Crippen LogP) is 3.70. The molecule has 0 aliphatic heterocycles. The molecule has 2 aromatic carbocycles. The average Bonchev–Trinajstić information content (AvgIpc) is 2.62. The Bertz CT molecular complexity index is 732. The van der Waals surface area contributed by atoms with Gasteiger partial charge in [0, 0.05) is 19.3 Å². The molecule has 0 aliphatic carbocycles. The van der Waals surface area contributed by atoms with Crippen molar-refractivity contribution in [1.82, 2.24) is 4.90 Å². The fourth-order valence-corrected chi connectivity index (χ4v) is 2.42. The number of anilines is 1. The lowest BCUT2D eigenvalue weighted by Gasteiger charge is -2.21. The molecular weight excluding hydrogens is 336 g/mol. The molecule has 0 saturated heterocycles. The molecule has 132 valence electrons. The maximum Gasteiger partial charge on any atom is 0.338 e. The quantitative estimate of drug-likeness (QED) is 0.628. The Kier molecular flexibility index (Phi) is 6.77. The van der Waals surface area contributed by atoms with Crippen molar-refractivity contribution in [3.05, 3.63) is 59.7 Å². The van der Waals surface area contributed by atoms with Crippen LogP contribution in [0.2, 0.25) is 0 Å². The van der Waals surface area contributed by atoms with E-state index in [4.69, 9.17) is 21.7 Å². The lowest BCUT2D eigenvalue weighted by Crippen LogP contribution is -2.30. The third-order valence-corrected chi connectivity index (χ3v) is 3.96. The normalized spacial score (nSPS) is 10.0. The maximum atomic E-state index is 11.7. The minimum Gasteiger partial charge on any atom is -0.497 e. The molecule has 6 heteroatoms. The van der Waals surface area contributed by atoms with E-state index in [0.29, 0.717) is 23.8 Å². The lowest BCUT2D eigenvalue weighted by molar-refractivity contribution is 0.0526. The zero-order valence-electron chi connectivity index (χ0n) is 14.6. The number of ether oxygens (including phenoxy) is 2. The third kappa shape index (κ3) is 5.46. The zero-order valence-corrected chi connectivity index (χ0v) is 15.4. The summed E-state index contributed by atoms with van der Waals surface area (Å²) in [4.78, 5) is 13.6. The molecule has 0 atom stereocenters. The Labute approximate surface area is 153 Å². The highest BCUT2D eigenvalue weighted by atomic mass is 32.1. The van der Waals surface area contributed by atoms with Crippen LogP contribution in [-0.4, -0.2) is 36.7 Å². The molecule has 0 aromatic heterocycles. The van der Waals surface area contributed by atoms with Gasteiger partial charge in [0.25, 0.3) is 0 Å². The van der Waals surface area contributed by atoms with E-state index in [2.05, 4.69) is 5.32 Å². The predicted molar refractivity (Wildman–Crippen MR) is 103 cm³/mol. The lowest BCUT2D eigenvalue weighted by atomic mass is 10.2. The van der Waals surface area contributed by atoms with Crippen LogP contribution < -0.4 is 10.1 Å². The van der Waals surface area contributed by atoms with E-state index >= 15 is 0 Å². The number of carbonyl (C=O) groups excluding carboxylic acids is 1. The average molecular weight is 358 g/mol. The number of benzene rings is 2. The maximum absolute atomic E-state index is 11.7. The molecular formula is C19H22N2O3S. The van der Waals surface area contributed by atoms with Crippen molar-refractivity contribution in [2.24, 2.45) is 0 Å². The van der Waals surface area contributed by atoms with Crippen LogP contribution in [0.15, 0.2) is 48.5 Å². The highest BCUT2D eigenvalue weighted by Crippen LogP contribution is 2.15. The van der Waals surface area contributed by atoms with E-state index in [1.165, 1.54) is 0 Å². The molecule has 0 bridgehead atoms. The topological polar surface area (TPSA) is 50.8 Å². The van der Waals surface area contributed by atoms with Crippen LogP contribution >= 0.6 is 12.2 Å². The Morgan fingerprint density at radius 3 is 2.56 bits per heavy atom. The first-order valence-electron chi connectivity index (χ1n) is 7.95. The number of hydrogen-bond donors (Lipinski definition) is 1. The molecule has 0 saturated carbocycles. The van der Waals surface area contributed by atoms with Gasteiger partial charge in [-0.05, 0) is 61.1 Å². The molecule has 2 aromatic rings. The first-order chi connectivity index (χ1) is 12.0. The van der Waals surface area contributed by atoms with Crippen LogP contribution in [0.4, 0.5) is 5.69 Å². The van der Waals surface area contributed by atoms with Crippen molar-refractivity contribution >= 4 is 29.0 Å². The number of nitrogens with zero attached hydrogens (tertiary/aromatic N) is 1. The highest BCUT2D eigenvalue weighted by Gasteiger charge is 2.09. The SMILES string of the molecule is CCOC(=O)c1ccc(NC(=S)N(C)Cc2cccc(OC)c2)cc1. The van der Waals surface area contributed by atoms with Gasteiger partial charge in [-0.25, -0.2) is 4.79 Å². The Balaban J connectivity index is 1.95. The molecule has 0 amide bonds. The highest BCUT2D eigenvalue weighted by molar-refractivity contribution is 7.80. The summed E-state index contributed by atoms with van der Waals surface area (Å²) in [5, 5.41) is 3.75. The van der Waals surface area contributed by atoms with Gasteiger partial charge in [0.15, 0.2) is 5.11 Å². The summed E-state index contributed by atoms with van der Waals surface area (Å²) in [6.07, 6.45) is 0. The van der Waals surface area contributed by atoms with Crippen LogP contribution in [0, 0.1) is 0 Å². The number of methoxy groups -OCH3 is 1. The number of thiocarbonyl (C=S) groups is 1. The summed E-state index contributed by atoms with van der Waals surface area (Å²) in [5.41, 5.74) is 2.43. The van der Waals surface area contributed by atoms with E-state index in [1.807, 2.05) is 36.2 Å². The van der Waals surface area contributed by atoms with E-state index in [0.717, 1.165) is 17.0 Å². The first-order valence-corrected chi connectivity index (χ1v) is 8.36. The van der Waals surface area contributed by atoms with Gasteiger partial charge in [0.2, 0.25) is 0 Å². The minimum absolute atomic E-state index is 0.327. The van der Waals surface area contributed by atoms with E-state index in [1.54, 1.807) is 38.3 Å². The van der Waals surface area contributed by atoms with Crippen LogP contribution in [0.25, 0.3) is 0 Å². The summed E-state index contributed by atoms with van der Waals surface area (Å²) in [6, 6.07) is 14.9. The second-order valence-corrected chi connectivity index (χ2v) is 5.82. The van der Waals surface area contributed by atoms with Gasteiger partial charge in [-0.3, -0.25) is 0 Å². The summed E-state index contributed by atoms with van der Waals surface area (Å²) in [7, 11) is 3.57. The van der Waals surface area contributed by atoms with Crippen LogP contribution in [0.5, 0.6) is 5.75 Å². The van der Waals surface area contributed by atoms with Gasteiger partial charge >= 0.3 is 5.97 Å². The zero-order chi connectivity index (χ0) is 18.2. The van der Waals surface area contributed by atoms with Crippen molar-refractivity contribution in [2.45, 2.75) is 13.5 Å². The fraction of sp³-hybridized carbons (Fsp3) is 0.263. The first kappa shape index (κ1) is 18.7. The van der Waals surface area contributed by atoms with E-state index in [9.17, 15) is 4.79 Å². The van der Waals surface area contributed by atoms with Crippen molar-refractivity contribution in [1.29, 1.82) is 0 Å². The monoisotopic (exact) mass is 358 g/mol. The Hall–Kier alpha value is -2.60. The molecule has 1 N–H and O–H groups in total. The summed E-state index contributed by atoms with van der Waals surface area (Å²) < 4.78 is 10.2. The molecule has 2 rings (SSSR count). The van der Waals surface area contributed by atoms with Crippen molar-refractivity contribution in [2.75, 3.05) is 26.1 Å². The number of rotatable bonds is 6. The van der Waals surface area contributed by atoms with Gasteiger partial charge in [-0.1, -0.05) is 12.1 Å². The van der Waals surface area contributed by atoms with Crippen molar-refractivity contribution < 1.29 is 14.3 Å². The van der Waals surface area contributed by atoms with Gasteiger partial charge in [0.05, 0.1) is 19.3 Å². The van der Waals surface area contributed by atoms with Gasteiger partial charge in [-0.2, -0.15) is 0 Å². The Morgan fingerprint density at radius 2 is 1.92 bits per heavy atom. The molecule has 0 radical (unpaired) electrons. The van der Waals surface area contributed by atoms with Crippen molar-refractivity contribution in [3.63, 3.8) is 0 Å². The summed E-state index contributed by atoms with van der Waals surface area (Å²) >= 11 is 5.44. The fourth-order valence-electron chi connectivity index (χ4n) is 2.24. The number of hydrogen-bond acceptors (Lipinski definition) is 4. The van der Waals surface area contributed by atoms with Crippen LogP contribution in [0.1, 0.15) is 22.8 Å². The Morgan fingerprint density at radius 1 is 1.20 bits per heavy atom. The second-order valence-electron chi connectivity index (χ2n) is 5.44. The van der Waals surface area contributed by atoms with Crippen LogP contribution in [0.3, 0.4) is 0 Å². The van der Waals surface area contributed by atoms with Gasteiger partial charge in [0.1, 0.15) is 5.75 Å². The minimum atomic E-state index is -0.327. The molecule has 0 aliphatic rings. The number of esters is 1. The van der Waals surface area contributed by atoms with E-state index < -0.39 is 0 Å². The van der Waals surface area contributed by atoms with Gasteiger partial charge < -0.3 is 19.7 Å². The summed E-state index contributed by atoms with van der Waals surface area (Å²) in [5.74, 6) is 0.492. The number of carbonyl (C=O) groups is 1.